The Kier molecular flexibility index (Phi) is 1540. The second-order valence-electron chi connectivity index (χ2n) is 0. The molecule has 4 nitrogen and oxygen atoms in total. The molecule has 0 saturated carbocycles. The summed E-state index contributed by atoms with van der Waals surface area (Å²) in [7, 11) is 0. The van der Waals surface area contributed by atoms with Crippen LogP contribution >= 0.6 is 0 Å². The Bertz CT molecular complexity index is 5.61. The van der Waals surface area contributed by atoms with Gasteiger partial charge in [0, 0.05) is 17.1 Å². The molecule has 5 heteroatoms. The standard InChI is InChI=1S/Mn.2H2N2/c;2*1-2/h;2*1-2H. The third-order valence-electron chi connectivity index (χ3n) is 0. The van der Waals surface area contributed by atoms with Crippen molar-refractivity contribution in [2.24, 2.45) is 0 Å². The Morgan fingerprint density at radius 3 is 0.600 bits per heavy atom. The van der Waals surface area contributed by atoms with E-state index in [4.69, 9.17) is 22.1 Å². The van der Waals surface area contributed by atoms with Gasteiger partial charge in [0.05, 0.1) is 0 Å². The van der Waals surface area contributed by atoms with Gasteiger partial charge in [-0.05, 0) is 0 Å². The van der Waals surface area contributed by atoms with Crippen LogP contribution in [-0.2, 0) is 17.1 Å². The van der Waals surface area contributed by atoms with E-state index in [0.29, 0.717) is 0 Å². The number of nitrogens with one attached hydrogen (secondary N) is 4. The summed E-state index contributed by atoms with van der Waals surface area (Å²) in [6.45, 7) is 0. The first-order chi connectivity index (χ1) is 2.00. The van der Waals surface area contributed by atoms with Gasteiger partial charge in [-0.1, -0.05) is 0 Å². The van der Waals surface area contributed by atoms with Gasteiger partial charge >= 0.3 is 0 Å². The molecule has 0 aromatic rings. The summed E-state index contributed by atoms with van der Waals surface area (Å²) in [6.07, 6.45) is 0. The monoisotopic (exact) mass is 115 g/mol. The van der Waals surface area contributed by atoms with Crippen molar-refractivity contribution >= 4 is 0 Å². The first-order valence-electron chi connectivity index (χ1n) is 0.500. The van der Waals surface area contributed by atoms with Crippen LogP contribution in [0.5, 0.6) is 0 Å². The van der Waals surface area contributed by atoms with E-state index in [-0.39, 0.29) is 17.1 Å². The van der Waals surface area contributed by atoms with Gasteiger partial charge in [-0.3, -0.25) is 0 Å². The zero-order chi connectivity index (χ0) is 4.00. The van der Waals surface area contributed by atoms with Crippen LogP contribution in [0.1, 0.15) is 0 Å². The second-order valence-corrected chi connectivity index (χ2v) is 0. The first kappa shape index (κ1) is 22.1. The zero-order valence-electron chi connectivity index (χ0n) is 2.38. The van der Waals surface area contributed by atoms with Crippen LogP contribution in [0, 0.1) is 22.1 Å². The topological polar surface area (TPSA) is 95.4 Å². The molecule has 31 valence electrons. The van der Waals surface area contributed by atoms with E-state index in [1.165, 1.54) is 0 Å². The minimum absolute atomic E-state index is 0. The van der Waals surface area contributed by atoms with Crippen LogP contribution in [0.4, 0.5) is 0 Å². The summed E-state index contributed by atoms with van der Waals surface area (Å²) in [5.41, 5.74) is 20.0. The van der Waals surface area contributed by atoms with Crippen LogP contribution < -0.4 is 0 Å². The molecule has 0 aromatic carbocycles. The Hall–Kier alpha value is -0.281. The average molecular weight is 115 g/mol. The van der Waals surface area contributed by atoms with Gasteiger partial charge in [-0.25, -0.2) is 22.1 Å². The summed E-state index contributed by atoms with van der Waals surface area (Å²) >= 11 is 0. The largest absolute Gasteiger partial charge is 0.213 e. The summed E-state index contributed by atoms with van der Waals surface area (Å²) < 4.78 is 0. The van der Waals surface area contributed by atoms with E-state index in [1.807, 2.05) is 0 Å². The van der Waals surface area contributed by atoms with Crippen molar-refractivity contribution in [3.8, 4) is 0 Å². The maximum atomic E-state index is 5.00. The number of hydrogen-bond donors (Lipinski definition) is 4. The molecule has 0 aliphatic heterocycles. The molecule has 0 fully saturated rings. The summed E-state index contributed by atoms with van der Waals surface area (Å²) in [4.78, 5) is 0. The van der Waals surface area contributed by atoms with Crippen LogP contribution in [0.2, 0.25) is 0 Å². The Labute approximate surface area is 40.0 Å². The Morgan fingerprint density at radius 1 is 0.600 bits per heavy atom. The second kappa shape index (κ2) is 350. The maximum Gasteiger partial charge on any atom is 0 e. The van der Waals surface area contributed by atoms with Crippen LogP contribution in [0.25, 0.3) is 0 Å². The molecule has 0 atom stereocenters. The third-order valence-corrected chi connectivity index (χ3v) is 0. The molecule has 1 radical (unpaired) electrons. The molecule has 5 heavy (non-hydrogen) atoms. The Balaban J connectivity index is -0.0000000133. The van der Waals surface area contributed by atoms with Gasteiger partial charge in [-0.15, -0.1) is 0 Å². The number of hydrogen-bond acceptors (Lipinski definition) is 4. The third kappa shape index (κ3) is 140. The van der Waals surface area contributed by atoms with Crippen molar-refractivity contribution in [2.45, 2.75) is 0 Å². The molecular weight excluding hydrogens is 111 g/mol. The van der Waals surface area contributed by atoms with E-state index < -0.39 is 0 Å². The van der Waals surface area contributed by atoms with Crippen molar-refractivity contribution in [1.82, 2.24) is 0 Å². The predicted molar refractivity (Wildman–Crippen MR) is 10.9 cm³/mol. The molecule has 4 N–H and O–H groups in total. The molecule has 0 amide bonds. The maximum absolute atomic E-state index is 5.00. The van der Waals surface area contributed by atoms with Crippen LogP contribution in [-0.4, -0.2) is 0 Å². The fourth-order valence-electron chi connectivity index (χ4n) is 0. The minimum Gasteiger partial charge on any atom is -0.213 e. The van der Waals surface area contributed by atoms with Gasteiger partial charge in [0.2, 0.25) is 0 Å². The predicted octanol–water partition coefficient (Wildman–Crippen LogP) is 1.19. The quantitative estimate of drug-likeness (QED) is 0.269. The van der Waals surface area contributed by atoms with Crippen molar-refractivity contribution < 1.29 is 17.1 Å². The molecule has 0 saturated heterocycles. The fourth-order valence-corrected chi connectivity index (χ4v) is 0. The van der Waals surface area contributed by atoms with E-state index in [0.717, 1.165) is 0 Å². The normalized spacial score (nSPS) is 1.60. The van der Waals surface area contributed by atoms with E-state index in [2.05, 4.69) is 0 Å². The van der Waals surface area contributed by atoms with Gasteiger partial charge < -0.3 is 0 Å². The molecule has 0 unspecified atom stereocenters. The van der Waals surface area contributed by atoms with Crippen molar-refractivity contribution in [1.29, 1.82) is 22.1 Å². The zero-order valence-corrected chi connectivity index (χ0v) is 3.56. The Morgan fingerprint density at radius 2 is 0.600 bits per heavy atom. The average Bonchev–Trinajstić information content (AvgIpc) is 1.50. The van der Waals surface area contributed by atoms with E-state index in [9.17, 15) is 0 Å². The smallest absolute Gasteiger partial charge is 0 e. The first-order valence-corrected chi connectivity index (χ1v) is 0.500. The molecular formula is H4MnN4. The SMILES string of the molecule is N=N.N=N.[Mn]. The van der Waals surface area contributed by atoms with Gasteiger partial charge in [0.25, 0.3) is 0 Å². The summed E-state index contributed by atoms with van der Waals surface area (Å²) in [5, 5.41) is 0. The van der Waals surface area contributed by atoms with Crippen LogP contribution in [0.15, 0.2) is 0 Å². The molecule has 0 bridgehead atoms. The molecule has 0 aromatic heterocycles. The van der Waals surface area contributed by atoms with Gasteiger partial charge in [0.15, 0.2) is 0 Å². The molecule has 0 heterocycles. The summed E-state index contributed by atoms with van der Waals surface area (Å²) in [5.74, 6) is 0. The van der Waals surface area contributed by atoms with E-state index >= 15 is 0 Å². The van der Waals surface area contributed by atoms with Gasteiger partial charge in [-0.2, -0.15) is 0 Å². The van der Waals surface area contributed by atoms with Crippen LogP contribution in [0.3, 0.4) is 0 Å². The van der Waals surface area contributed by atoms with Crippen molar-refractivity contribution in [3.63, 3.8) is 0 Å². The summed E-state index contributed by atoms with van der Waals surface area (Å²) in [6, 6.07) is 0. The molecule has 0 aliphatic rings. The fraction of sp³-hybridized carbons (Fsp3) is 0. The molecule has 0 rings (SSSR count). The van der Waals surface area contributed by atoms with Crippen molar-refractivity contribution in [3.05, 3.63) is 0 Å². The van der Waals surface area contributed by atoms with Crippen molar-refractivity contribution in [2.75, 3.05) is 0 Å². The van der Waals surface area contributed by atoms with E-state index in [1.54, 1.807) is 0 Å². The molecule has 0 aliphatic carbocycles. The minimum atomic E-state index is 0. The number of rotatable bonds is 0. The molecule has 0 spiro atoms. The van der Waals surface area contributed by atoms with Gasteiger partial charge in [0.1, 0.15) is 0 Å².